The lowest BCUT2D eigenvalue weighted by Crippen LogP contribution is -2.52. The van der Waals surface area contributed by atoms with E-state index in [4.69, 9.17) is 9.47 Å². The number of benzene rings is 2. The van der Waals surface area contributed by atoms with Crippen molar-refractivity contribution in [2.45, 2.75) is 31.4 Å². The van der Waals surface area contributed by atoms with Crippen LogP contribution in [0.15, 0.2) is 48.5 Å². The molecule has 2 aliphatic heterocycles. The largest absolute Gasteiger partial charge is 0.493 e. The van der Waals surface area contributed by atoms with Crippen molar-refractivity contribution in [1.29, 1.82) is 0 Å². The topological polar surface area (TPSA) is 64.6 Å². The van der Waals surface area contributed by atoms with Crippen molar-refractivity contribution in [3.63, 3.8) is 0 Å². The predicted octanol–water partition coefficient (Wildman–Crippen LogP) is 2.80. The summed E-state index contributed by atoms with van der Waals surface area (Å²) < 4.78 is 11.1. The van der Waals surface area contributed by atoms with Crippen molar-refractivity contribution >= 4 is 11.9 Å². The minimum absolute atomic E-state index is 0.148. The fourth-order valence-corrected chi connectivity index (χ4v) is 3.46. The molecule has 5 nitrogen and oxygen atoms in total. The number of ether oxygens (including phenoxy) is 2. The van der Waals surface area contributed by atoms with Gasteiger partial charge in [0.15, 0.2) is 5.60 Å². The SMILES string of the molecule is C[C@@]1(C(=O)N[C@@H]2CCOc3ccccc32)Cc2ccccc2C(=O)O1. The van der Waals surface area contributed by atoms with Gasteiger partial charge in [-0.25, -0.2) is 4.79 Å². The highest BCUT2D eigenvalue weighted by atomic mass is 16.6. The van der Waals surface area contributed by atoms with Crippen LogP contribution in [0.3, 0.4) is 0 Å². The van der Waals surface area contributed by atoms with E-state index in [0.717, 1.165) is 16.9 Å². The lowest BCUT2D eigenvalue weighted by Gasteiger charge is -2.35. The predicted molar refractivity (Wildman–Crippen MR) is 91.4 cm³/mol. The monoisotopic (exact) mass is 337 g/mol. The summed E-state index contributed by atoms with van der Waals surface area (Å²) in [5, 5.41) is 3.04. The zero-order valence-electron chi connectivity index (χ0n) is 14.0. The van der Waals surface area contributed by atoms with Gasteiger partial charge in [0.05, 0.1) is 18.2 Å². The smallest absolute Gasteiger partial charge is 0.339 e. The highest BCUT2D eigenvalue weighted by molar-refractivity contribution is 5.97. The summed E-state index contributed by atoms with van der Waals surface area (Å²) in [4.78, 5) is 25.2. The molecule has 0 unspecified atom stereocenters. The summed E-state index contributed by atoms with van der Waals surface area (Å²) >= 11 is 0. The van der Waals surface area contributed by atoms with Crippen LogP contribution < -0.4 is 10.1 Å². The van der Waals surface area contributed by atoms with E-state index in [1.54, 1.807) is 19.1 Å². The van der Waals surface area contributed by atoms with E-state index < -0.39 is 11.6 Å². The molecule has 1 N–H and O–H groups in total. The van der Waals surface area contributed by atoms with Gasteiger partial charge in [0.25, 0.3) is 5.91 Å². The lowest BCUT2D eigenvalue weighted by molar-refractivity contribution is -0.140. The van der Waals surface area contributed by atoms with Crippen LogP contribution in [0.5, 0.6) is 5.75 Å². The van der Waals surface area contributed by atoms with E-state index >= 15 is 0 Å². The van der Waals surface area contributed by atoms with Crippen LogP contribution in [0.25, 0.3) is 0 Å². The van der Waals surface area contributed by atoms with Crippen LogP contribution in [-0.2, 0) is 16.0 Å². The minimum Gasteiger partial charge on any atom is -0.493 e. The molecule has 0 radical (unpaired) electrons. The number of para-hydroxylation sites is 1. The van der Waals surface area contributed by atoms with Crippen molar-refractivity contribution in [3.8, 4) is 5.75 Å². The first-order valence-corrected chi connectivity index (χ1v) is 8.41. The second-order valence-electron chi connectivity index (χ2n) is 6.66. The molecule has 2 aromatic rings. The maximum Gasteiger partial charge on any atom is 0.339 e. The third-order valence-corrected chi connectivity index (χ3v) is 4.83. The van der Waals surface area contributed by atoms with Crippen LogP contribution in [0, 0.1) is 0 Å². The van der Waals surface area contributed by atoms with Crippen molar-refractivity contribution in [3.05, 3.63) is 65.2 Å². The molecular weight excluding hydrogens is 318 g/mol. The molecule has 0 saturated carbocycles. The van der Waals surface area contributed by atoms with Gasteiger partial charge >= 0.3 is 5.97 Å². The zero-order chi connectivity index (χ0) is 17.4. The summed E-state index contributed by atoms with van der Waals surface area (Å²) in [6, 6.07) is 14.8. The highest BCUT2D eigenvalue weighted by Gasteiger charge is 2.43. The number of amides is 1. The Morgan fingerprint density at radius 2 is 1.92 bits per heavy atom. The van der Waals surface area contributed by atoms with E-state index in [-0.39, 0.29) is 11.9 Å². The van der Waals surface area contributed by atoms with Crippen molar-refractivity contribution in [1.82, 2.24) is 5.32 Å². The van der Waals surface area contributed by atoms with Gasteiger partial charge in [-0.3, -0.25) is 4.79 Å². The Kier molecular flexibility index (Phi) is 3.71. The Hall–Kier alpha value is -2.82. The van der Waals surface area contributed by atoms with Gasteiger partial charge in [-0.1, -0.05) is 36.4 Å². The van der Waals surface area contributed by atoms with E-state index in [1.165, 1.54) is 0 Å². The van der Waals surface area contributed by atoms with Crippen LogP contribution in [-0.4, -0.2) is 24.1 Å². The maximum atomic E-state index is 12.9. The first-order valence-electron chi connectivity index (χ1n) is 8.41. The summed E-state index contributed by atoms with van der Waals surface area (Å²) in [5.41, 5.74) is 1.11. The number of hydrogen-bond donors (Lipinski definition) is 1. The number of rotatable bonds is 2. The lowest BCUT2D eigenvalue weighted by atomic mass is 9.88. The molecule has 0 spiro atoms. The van der Waals surface area contributed by atoms with E-state index in [9.17, 15) is 9.59 Å². The molecule has 25 heavy (non-hydrogen) atoms. The zero-order valence-corrected chi connectivity index (χ0v) is 14.0. The Morgan fingerprint density at radius 1 is 1.16 bits per heavy atom. The summed E-state index contributed by atoms with van der Waals surface area (Å²) in [7, 11) is 0. The molecule has 2 atom stereocenters. The van der Waals surface area contributed by atoms with Crippen LogP contribution in [0.1, 0.15) is 40.9 Å². The van der Waals surface area contributed by atoms with Crippen molar-refractivity contribution in [2.24, 2.45) is 0 Å². The second-order valence-corrected chi connectivity index (χ2v) is 6.66. The molecule has 2 aromatic carbocycles. The molecule has 0 saturated heterocycles. The van der Waals surface area contributed by atoms with Crippen LogP contribution in [0.2, 0.25) is 0 Å². The van der Waals surface area contributed by atoms with E-state index in [1.807, 2.05) is 36.4 Å². The van der Waals surface area contributed by atoms with Gasteiger partial charge in [-0.2, -0.15) is 0 Å². The number of cyclic esters (lactones) is 1. The van der Waals surface area contributed by atoms with Crippen LogP contribution in [0.4, 0.5) is 0 Å². The summed E-state index contributed by atoms with van der Waals surface area (Å²) in [6.45, 7) is 2.21. The molecule has 2 aliphatic rings. The minimum atomic E-state index is -1.21. The molecule has 0 fully saturated rings. The van der Waals surface area contributed by atoms with Gasteiger partial charge in [0.2, 0.25) is 0 Å². The Morgan fingerprint density at radius 3 is 2.80 bits per heavy atom. The molecule has 4 rings (SSSR count). The average molecular weight is 337 g/mol. The van der Waals surface area contributed by atoms with E-state index in [0.29, 0.717) is 25.0 Å². The quantitative estimate of drug-likeness (QED) is 0.856. The number of nitrogens with one attached hydrogen (secondary N) is 1. The number of carbonyl (C=O) groups excluding carboxylic acids is 2. The average Bonchev–Trinajstić information content (AvgIpc) is 2.62. The maximum absolute atomic E-state index is 12.9. The molecule has 0 bridgehead atoms. The number of esters is 1. The Bertz CT molecular complexity index is 847. The summed E-state index contributed by atoms with van der Waals surface area (Å²) in [6.07, 6.45) is 1.05. The third kappa shape index (κ3) is 2.76. The van der Waals surface area contributed by atoms with Crippen molar-refractivity contribution < 1.29 is 19.1 Å². The van der Waals surface area contributed by atoms with Gasteiger partial charge < -0.3 is 14.8 Å². The van der Waals surface area contributed by atoms with Gasteiger partial charge in [0, 0.05) is 18.4 Å². The fraction of sp³-hybridized carbons (Fsp3) is 0.300. The van der Waals surface area contributed by atoms with Gasteiger partial charge in [-0.05, 0) is 24.6 Å². The molecule has 1 amide bonds. The van der Waals surface area contributed by atoms with E-state index in [2.05, 4.69) is 5.32 Å². The first-order chi connectivity index (χ1) is 12.1. The molecule has 5 heteroatoms. The fourth-order valence-electron chi connectivity index (χ4n) is 3.46. The molecule has 0 aliphatic carbocycles. The molecule has 2 heterocycles. The van der Waals surface area contributed by atoms with Gasteiger partial charge in [-0.15, -0.1) is 0 Å². The Balaban J connectivity index is 1.57. The molecular formula is C20H19NO4. The van der Waals surface area contributed by atoms with Gasteiger partial charge in [0.1, 0.15) is 5.75 Å². The number of fused-ring (bicyclic) bond motifs is 2. The van der Waals surface area contributed by atoms with Crippen molar-refractivity contribution in [2.75, 3.05) is 6.61 Å². The second kappa shape index (κ2) is 5.92. The Labute approximate surface area is 145 Å². The normalized spacial score (nSPS) is 24.4. The standard InChI is InChI=1S/C20H19NO4/c1-20(12-13-6-2-3-7-14(13)18(22)25-20)19(23)21-16-10-11-24-17-9-5-4-8-15(16)17/h2-9,16H,10-12H2,1H3,(H,21,23)/t16-,20+/m1/s1. The highest BCUT2D eigenvalue weighted by Crippen LogP contribution is 2.33. The molecule has 128 valence electrons. The third-order valence-electron chi connectivity index (χ3n) is 4.83. The van der Waals surface area contributed by atoms with Crippen LogP contribution >= 0.6 is 0 Å². The first kappa shape index (κ1) is 15.7. The summed E-state index contributed by atoms with van der Waals surface area (Å²) in [5.74, 6) is 0.0547. The number of carbonyl (C=O) groups is 2. The molecule has 0 aromatic heterocycles. The number of hydrogen-bond acceptors (Lipinski definition) is 4.